The van der Waals surface area contributed by atoms with Crippen LogP contribution in [0.15, 0.2) is 45.8 Å². The molecule has 3 rings (SSSR count). The average molecular weight is 462 g/mol. The molecule has 1 N–H and O–H groups in total. The van der Waals surface area contributed by atoms with Gasteiger partial charge in [0, 0.05) is 28.0 Å². The predicted octanol–water partition coefficient (Wildman–Crippen LogP) is 6.66. The third-order valence-electron chi connectivity index (χ3n) is 5.23. The molecule has 0 radical (unpaired) electrons. The zero-order valence-corrected chi connectivity index (χ0v) is 19.6. The van der Waals surface area contributed by atoms with Crippen molar-refractivity contribution in [3.05, 3.63) is 53.2 Å². The Balaban J connectivity index is 1.59. The Morgan fingerprint density at radius 2 is 1.97 bits per heavy atom. The normalized spacial score (nSPS) is 13.3. The van der Waals surface area contributed by atoms with Gasteiger partial charge in [0.05, 0.1) is 11.6 Å². The molecule has 0 bridgehead atoms. The summed E-state index contributed by atoms with van der Waals surface area (Å²) in [5.41, 5.74) is 3.12. The Kier molecular flexibility index (Phi) is 8.27. The molecule has 0 fully saturated rings. The van der Waals surface area contributed by atoms with Crippen LogP contribution in [0.25, 0.3) is 11.0 Å². The Bertz CT molecular complexity index is 1020. The third kappa shape index (κ3) is 5.74. The number of aromatic nitrogens is 1. The summed E-state index contributed by atoms with van der Waals surface area (Å²) in [7, 11) is 0. The topological polar surface area (TPSA) is 72.6 Å². The van der Waals surface area contributed by atoms with E-state index in [0.717, 1.165) is 63.5 Å². The highest BCUT2D eigenvalue weighted by atomic mass is 35.5. The van der Waals surface area contributed by atoms with Crippen LogP contribution in [0.2, 0.25) is 0 Å². The van der Waals surface area contributed by atoms with Gasteiger partial charge < -0.3 is 14.4 Å². The molecule has 5 nitrogen and oxygen atoms in total. The van der Waals surface area contributed by atoms with E-state index in [2.05, 4.69) is 19.0 Å². The number of benzene rings is 2. The lowest BCUT2D eigenvalue weighted by atomic mass is 10.0. The van der Waals surface area contributed by atoms with Crippen LogP contribution >= 0.6 is 23.4 Å². The molecule has 2 atom stereocenters. The standard InChI is InChI=1S/C24H28ClNO4S/c1-4-6-19-21(12-11-18-20(5-2)26-30-23(18)19)29-22(25)13-14-31-17-9-7-16(8-10-17)15(3)24(27)28/h7-12,15,22H,4-6,13-14H2,1-3H3,(H,27,28). The smallest absolute Gasteiger partial charge is 0.310 e. The maximum atomic E-state index is 11.1. The number of hydrogen-bond acceptors (Lipinski definition) is 5. The monoisotopic (exact) mass is 461 g/mol. The minimum Gasteiger partial charge on any atom is -0.481 e. The Labute approximate surface area is 192 Å². The maximum absolute atomic E-state index is 11.1. The van der Waals surface area contributed by atoms with Gasteiger partial charge in [-0.2, -0.15) is 0 Å². The summed E-state index contributed by atoms with van der Waals surface area (Å²) in [6.07, 6.45) is 3.30. The molecule has 31 heavy (non-hydrogen) atoms. The number of alkyl halides is 1. The lowest BCUT2D eigenvalue weighted by Gasteiger charge is -2.16. The molecule has 0 spiro atoms. The summed E-state index contributed by atoms with van der Waals surface area (Å²) in [4.78, 5) is 12.2. The molecular formula is C24H28ClNO4S. The Morgan fingerprint density at radius 3 is 2.61 bits per heavy atom. The lowest BCUT2D eigenvalue weighted by Crippen LogP contribution is -2.11. The van der Waals surface area contributed by atoms with Gasteiger partial charge in [0.2, 0.25) is 0 Å². The van der Waals surface area contributed by atoms with Crippen molar-refractivity contribution in [2.45, 2.75) is 62.8 Å². The lowest BCUT2D eigenvalue weighted by molar-refractivity contribution is -0.138. The van der Waals surface area contributed by atoms with Gasteiger partial charge in [0.25, 0.3) is 0 Å². The van der Waals surface area contributed by atoms with Gasteiger partial charge >= 0.3 is 5.97 Å². The van der Waals surface area contributed by atoms with Gasteiger partial charge in [-0.3, -0.25) is 4.79 Å². The predicted molar refractivity (Wildman–Crippen MR) is 125 cm³/mol. The largest absolute Gasteiger partial charge is 0.481 e. The molecule has 166 valence electrons. The highest BCUT2D eigenvalue weighted by Crippen LogP contribution is 2.33. The summed E-state index contributed by atoms with van der Waals surface area (Å²) < 4.78 is 11.7. The van der Waals surface area contributed by atoms with Crippen LogP contribution in [0.1, 0.15) is 56.4 Å². The second-order valence-corrected chi connectivity index (χ2v) is 9.10. The van der Waals surface area contributed by atoms with Crippen molar-refractivity contribution in [2.75, 3.05) is 5.75 Å². The van der Waals surface area contributed by atoms with E-state index in [1.807, 2.05) is 36.4 Å². The molecule has 0 amide bonds. The number of aryl methyl sites for hydroxylation is 2. The highest BCUT2D eigenvalue weighted by molar-refractivity contribution is 7.99. The van der Waals surface area contributed by atoms with E-state index in [4.69, 9.17) is 26.0 Å². The summed E-state index contributed by atoms with van der Waals surface area (Å²) in [6, 6.07) is 11.6. The van der Waals surface area contributed by atoms with E-state index in [-0.39, 0.29) is 0 Å². The molecule has 0 aliphatic heterocycles. The fraction of sp³-hybridized carbons (Fsp3) is 0.417. The third-order valence-corrected chi connectivity index (χ3v) is 6.58. The van der Waals surface area contributed by atoms with Crippen LogP contribution in [0.4, 0.5) is 0 Å². The minimum absolute atomic E-state index is 0.458. The van der Waals surface area contributed by atoms with E-state index in [9.17, 15) is 4.79 Å². The SMILES string of the molecule is CCCc1c(OC(Cl)CCSc2ccc(C(C)C(=O)O)cc2)ccc2c(CC)noc12. The zero-order valence-electron chi connectivity index (χ0n) is 18.1. The second-order valence-electron chi connectivity index (χ2n) is 7.45. The van der Waals surface area contributed by atoms with Crippen LogP contribution < -0.4 is 4.74 Å². The molecule has 2 unspecified atom stereocenters. The molecule has 1 heterocycles. The number of nitrogens with zero attached hydrogens (tertiary/aromatic N) is 1. The molecule has 2 aromatic carbocycles. The van der Waals surface area contributed by atoms with E-state index in [1.165, 1.54) is 0 Å². The zero-order chi connectivity index (χ0) is 22.4. The first kappa shape index (κ1) is 23.5. The molecule has 0 saturated heterocycles. The molecule has 0 aliphatic carbocycles. The number of hydrogen-bond donors (Lipinski definition) is 1. The maximum Gasteiger partial charge on any atom is 0.310 e. The molecule has 1 aromatic heterocycles. The minimum atomic E-state index is -0.820. The van der Waals surface area contributed by atoms with E-state index in [1.54, 1.807) is 18.7 Å². The van der Waals surface area contributed by atoms with Crippen molar-refractivity contribution in [1.82, 2.24) is 5.16 Å². The van der Waals surface area contributed by atoms with E-state index < -0.39 is 17.5 Å². The van der Waals surface area contributed by atoms with Gasteiger partial charge in [-0.05, 0) is 49.6 Å². The van der Waals surface area contributed by atoms with Crippen LogP contribution in [0, 0.1) is 0 Å². The van der Waals surface area contributed by atoms with E-state index >= 15 is 0 Å². The quantitative estimate of drug-likeness (QED) is 0.254. The van der Waals surface area contributed by atoms with E-state index in [0.29, 0.717) is 6.42 Å². The average Bonchev–Trinajstić information content (AvgIpc) is 3.18. The number of fused-ring (bicyclic) bond motifs is 1. The Morgan fingerprint density at radius 1 is 1.23 bits per heavy atom. The van der Waals surface area contributed by atoms with Crippen LogP contribution in [0.3, 0.4) is 0 Å². The first-order chi connectivity index (χ1) is 14.9. The number of thioether (sulfide) groups is 1. The van der Waals surface area contributed by atoms with Gasteiger partial charge in [-0.15, -0.1) is 11.8 Å². The second kappa shape index (κ2) is 10.9. The number of rotatable bonds is 11. The summed E-state index contributed by atoms with van der Waals surface area (Å²) in [5, 5.41) is 14.3. The number of aliphatic carboxylic acids is 1. The van der Waals surface area contributed by atoms with Gasteiger partial charge in [0.1, 0.15) is 5.75 Å². The van der Waals surface area contributed by atoms with Gasteiger partial charge in [0.15, 0.2) is 11.1 Å². The number of carboxylic acid groups (broad SMARTS) is 1. The molecule has 3 aromatic rings. The van der Waals surface area contributed by atoms with Gasteiger partial charge in [-0.25, -0.2) is 0 Å². The molecule has 0 aliphatic rings. The molecule has 7 heteroatoms. The Hall–Kier alpha value is -2.18. The van der Waals surface area contributed by atoms with Crippen LogP contribution in [0.5, 0.6) is 5.75 Å². The first-order valence-electron chi connectivity index (χ1n) is 10.6. The summed E-state index contributed by atoms with van der Waals surface area (Å²) in [6.45, 7) is 5.87. The number of carboxylic acids is 1. The summed E-state index contributed by atoms with van der Waals surface area (Å²) in [5.74, 6) is 0.215. The fourth-order valence-electron chi connectivity index (χ4n) is 3.40. The number of carbonyl (C=O) groups is 1. The molecule has 0 saturated carbocycles. The molecular weight excluding hydrogens is 434 g/mol. The van der Waals surface area contributed by atoms with Crippen molar-refractivity contribution in [1.29, 1.82) is 0 Å². The van der Waals surface area contributed by atoms with Gasteiger partial charge in [-0.1, -0.05) is 49.2 Å². The fourth-order valence-corrected chi connectivity index (χ4v) is 4.64. The number of ether oxygens (including phenoxy) is 1. The first-order valence-corrected chi connectivity index (χ1v) is 12.0. The summed E-state index contributed by atoms with van der Waals surface area (Å²) >= 11 is 8.16. The highest BCUT2D eigenvalue weighted by Gasteiger charge is 2.18. The van der Waals surface area contributed by atoms with Crippen molar-refractivity contribution >= 4 is 40.3 Å². The van der Waals surface area contributed by atoms with Crippen molar-refractivity contribution in [3.63, 3.8) is 0 Å². The van der Waals surface area contributed by atoms with Crippen molar-refractivity contribution in [2.24, 2.45) is 0 Å². The van der Waals surface area contributed by atoms with Crippen LogP contribution in [-0.4, -0.2) is 27.5 Å². The van der Waals surface area contributed by atoms with Crippen LogP contribution in [-0.2, 0) is 17.6 Å². The van der Waals surface area contributed by atoms with Crippen molar-refractivity contribution in [3.8, 4) is 5.75 Å². The number of halogens is 1. The van der Waals surface area contributed by atoms with Crippen molar-refractivity contribution < 1.29 is 19.2 Å².